The molecule has 1 aliphatic rings. The van der Waals surface area contributed by atoms with Gasteiger partial charge in [0.15, 0.2) is 0 Å². The quantitative estimate of drug-likeness (QED) is 0.156. The Morgan fingerprint density at radius 2 is 1.87 bits per heavy atom. The highest BCUT2D eigenvalue weighted by molar-refractivity contribution is 7.10. The van der Waals surface area contributed by atoms with E-state index in [-0.39, 0.29) is 17.8 Å². The molecule has 2 unspecified atom stereocenters. The van der Waals surface area contributed by atoms with Crippen molar-refractivity contribution in [3.63, 3.8) is 0 Å². The standard InChI is InChI=1S/C13H8O2.C9H16N2O2.C7H11N3S/c14-8-9-5-6-13-11(7-9)10-3-1-2-4-12(10)15-13;1-7-3-8(6-12)11(5-7)9(13)4-10-2;1-10-3-6-2-5(4-11-6)7(8)9/h1-8H;6-8,10H,3-5H2,1-2H3;2,4,10H,3H2,1H3,(H3,8,9). The minimum atomic E-state index is -0.198. The van der Waals surface area contributed by atoms with Crippen molar-refractivity contribution in [3.05, 3.63) is 69.9 Å². The molecule has 5 N–H and O–H groups in total. The summed E-state index contributed by atoms with van der Waals surface area (Å²) in [6.07, 6.45) is 2.53. The zero-order chi connectivity index (χ0) is 28.4. The number of carbonyl (C=O) groups excluding carboxylic acids is 3. The molecule has 2 aromatic heterocycles. The summed E-state index contributed by atoms with van der Waals surface area (Å²) < 4.78 is 5.64. The first kappa shape index (κ1) is 29.7. The largest absolute Gasteiger partial charge is 0.456 e. The van der Waals surface area contributed by atoms with E-state index in [0.29, 0.717) is 24.6 Å². The second kappa shape index (κ2) is 14.3. The fraction of sp³-hybridized carbons (Fsp3) is 0.310. The Kier molecular flexibility index (Phi) is 10.9. The number of amidine groups is 1. The van der Waals surface area contributed by atoms with E-state index < -0.39 is 0 Å². The summed E-state index contributed by atoms with van der Waals surface area (Å²) in [5.74, 6) is 0.601. The van der Waals surface area contributed by atoms with Crippen molar-refractivity contribution in [1.82, 2.24) is 15.5 Å². The number of amides is 1. The average Bonchev–Trinajstić information content (AvgIpc) is 3.66. The molecule has 4 aromatic rings. The van der Waals surface area contributed by atoms with E-state index in [2.05, 4.69) is 17.6 Å². The van der Waals surface area contributed by atoms with Crippen LogP contribution in [0.4, 0.5) is 0 Å². The molecule has 2 aromatic carbocycles. The van der Waals surface area contributed by atoms with E-state index in [1.807, 2.05) is 54.9 Å². The van der Waals surface area contributed by atoms with Gasteiger partial charge in [-0.1, -0.05) is 25.1 Å². The number of nitrogens with one attached hydrogen (secondary N) is 3. The van der Waals surface area contributed by atoms with E-state index in [9.17, 15) is 14.4 Å². The molecule has 0 spiro atoms. The lowest BCUT2D eigenvalue weighted by molar-refractivity contribution is -0.133. The molecule has 1 amide bonds. The Morgan fingerprint density at radius 3 is 2.51 bits per heavy atom. The van der Waals surface area contributed by atoms with E-state index in [4.69, 9.17) is 15.6 Å². The molecule has 39 heavy (non-hydrogen) atoms. The summed E-state index contributed by atoms with van der Waals surface area (Å²) in [5, 5.41) is 16.9. The van der Waals surface area contributed by atoms with Gasteiger partial charge >= 0.3 is 0 Å². The number of hydrogen-bond acceptors (Lipinski definition) is 8. The second-order valence-corrected chi connectivity index (χ2v) is 10.3. The Labute approximate surface area is 231 Å². The number of hydrogen-bond donors (Lipinski definition) is 4. The van der Waals surface area contributed by atoms with Gasteiger partial charge in [0.25, 0.3) is 0 Å². The Balaban J connectivity index is 0.000000164. The predicted octanol–water partition coefficient (Wildman–Crippen LogP) is 3.79. The minimum absolute atomic E-state index is 0.0175. The zero-order valence-electron chi connectivity index (χ0n) is 22.4. The maximum absolute atomic E-state index is 11.5. The number of nitrogens with two attached hydrogens (primary N) is 1. The monoisotopic (exact) mass is 549 g/mol. The molecule has 0 aliphatic carbocycles. The minimum Gasteiger partial charge on any atom is -0.456 e. The number of fused-ring (bicyclic) bond motifs is 3. The normalized spacial score (nSPS) is 16.2. The number of benzene rings is 2. The summed E-state index contributed by atoms with van der Waals surface area (Å²) in [6, 6.07) is 15.0. The molecule has 9 nitrogen and oxygen atoms in total. The highest BCUT2D eigenvalue weighted by Crippen LogP contribution is 2.28. The van der Waals surface area contributed by atoms with Gasteiger partial charge in [-0.25, -0.2) is 0 Å². The average molecular weight is 550 g/mol. The van der Waals surface area contributed by atoms with E-state index in [0.717, 1.165) is 53.0 Å². The van der Waals surface area contributed by atoms with Gasteiger partial charge in [-0.2, -0.15) is 0 Å². The van der Waals surface area contributed by atoms with E-state index in [1.165, 1.54) is 4.88 Å². The maximum Gasteiger partial charge on any atom is 0.237 e. The van der Waals surface area contributed by atoms with Crippen LogP contribution in [0.5, 0.6) is 0 Å². The number of para-hydroxylation sites is 1. The van der Waals surface area contributed by atoms with Crippen molar-refractivity contribution in [2.45, 2.75) is 25.9 Å². The number of nitrogen functional groups attached to an aromatic ring is 1. The number of carbonyl (C=O) groups is 3. The van der Waals surface area contributed by atoms with Crippen LogP contribution in [0.3, 0.4) is 0 Å². The predicted molar refractivity (Wildman–Crippen MR) is 156 cm³/mol. The van der Waals surface area contributed by atoms with Crippen LogP contribution < -0.4 is 16.4 Å². The number of aldehydes is 2. The molecule has 206 valence electrons. The maximum atomic E-state index is 11.5. The van der Waals surface area contributed by atoms with Crippen LogP contribution >= 0.6 is 11.3 Å². The topological polar surface area (TPSA) is 142 Å². The Hall–Kier alpha value is -3.86. The molecule has 0 saturated carbocycles. The van der Waals surface area contributed by atoms with Crippen LogP contribution in [0.25, 0.3) is 21.9 Å². The first-order valence-corrected chi connectivity index (χ1v) is 13.5. The number of likely N-dealkylation sites (tertiary alicyclic amines) is 1. The lowest BCUT2D eigenvalue weighted by Crippen LogP contribution is -2.41. The highest BCUT2D eigenvalue weighted by Gasteiger charge is 2.32. The van der Waals surface area contributed by atoms with Gasteiger partial charge in [0.1, 0.15) is 29.6 Å². The smallest absolute Gasteiger partial charge is 0.237 e. The summed E-state index contributed by atoms with van der Waals surface area (Å²) >= 11 is 1.62. The molecule has 2 atom stereocenters. The zero-order valence-corrected chi connectivity index (χ0v) is 23.2. The van der Waals surface area contributed by atoms with Crippen molar-refractivity contribution in [1.29, 1.82) is 5.41 Å². The molecular weight excluding hydrogens is 514 g/mol. The third-order valence-corrected chi connectivity index (χ3v) is 7.15. The van der Waals surface area contributed by atoms with Gasteiger partial charge in [-0.05, 0) is 56.8 Å². The van der Waals surface area contributed by atoms with Crippen LogP contribution in [0.1, 0.15) is 34.1 Å². The molecule has 1 fully saturated rings. The Morgan fingerprint density at radius 1 is 1.13 bits per heavy atom. The van der Waals surface area contributed by atoms with Crippen LogP contribution in [-0.2, 0) is 16.1 Å². The van der Waals surface area contributed by atoms with Gasteiger partial charge in [0.2, 0.25) is 5.91 Å². The van der Waals surface area contributed by atoms with E-state index in [1.54, 1.807) is 29.4 Å². The molecule has 10 heteroatoms. The summed E-state index contributed by atoms with van der Waals surface area (Å²) in [4.78, 5) is 35.7. The van der Waals surface area contributed by atoms with E-state index >= 15 is 0 Å². The third-order valence-electron chi connectivity index (χ3n) is 6.21. The molecular formula is C29H35N5O4S. The number of thiophene rings is 1. The van der Waals surface area contributed by atoms with Gasteiger partial charge < -0.3 is 30.5 Å². The molecule has 0 bridgehead atoms. The van der Waals surface area contributed by atoms with Crippen LogP contribution in [0.15, 0.2) is 58.3 Å². The number of likely N-dealkylation sites (N-methyl/N-ethyl adjacent to an activating group) is 1. The van der Waals surface area contributed by atoms with Crippen LogP contribution in [-0.4, -0.2) is 62.4 Å². The number of furan rings is 1. The fourth-order valence-corrected chi connectivity index (χ4v) is 5.26. The molecule has 0 radical (unpaired) electrons. The van der Waals surface area contributed by atoms with Crippen LogP contribution in [0.2, 0.25) is 0 Å². The highest BCUT2D eigenvalue weighted by atomic mass is 32.1. The SMILES string of the molecule is CNCC(=O)N1CC(C)CC1C=O.CNCc1cc(C(=N)N)cs1.O=Cc1ccc2oc3ccccc3c2c1. The van der Waals surface area contributed by atoms with Crippen molar-refractivity contribution in [2.75, 3.05) is 27.2 Å². The van der Waals surface area contributed by atoms with Gasteiger partial charge in [-0.3, -0.25) is 15.0 Å². The second-order valence-electron chi connectivity index (χ2n) is 9.34. The summed E-state index contributed by atoms with van der Waals surface area (Å²) in [5.41, 5.74) is 8.47. The molecule has 5 rings (SSSR count). The summed E-state index contributed by atoms with van der Waals surface area (Å²) in [7, 11) is 3.63. The fourth-order valence-electron chi connectivity index (χ4n) is 4.36. The first-order chi connectivity index (χ1) is 18.8. The lowest BCUT2D eigenvalue weighted by atomic mass is 10.1. The van der Waals surface area contributed by atoms with Gasteiger partial charge in [0.05, 0.1) is 12.6 Å². The summed E-state index contributed by atoms with van der Waals surface area (Å²) in [6.45, 7) is 3.93. The van der Waals surface area contributed by atoms with Gasteiger partial charge in [-0.15, -0.1) is 11.3 Å². The molecule has 1 saturated heterocycles. The number of nitrogens with zero attached hydrogens (tertiary/aromatic N) is 1. The molecule has 3 heterocycles. The number of rotatable bonds is 7. The van der Waals surface area contributed by atoms with Crippen molar-refractivity contribution in [2.24, 2.45) is 11.7 Å². The van der Waals surface area contributed by atoms with Crippen molar-refractivity contribution >= 4 is 57.6 Å². The van der Waals surface area contributed by atoms with Crippen molar-refractivity contribution in [3.8, 4) is 0 Å². The first-order valence-electron chi connectivity index (χ1n) is 12.6. The third kappa shape index (κ3) is 7.82. The molecule has 1 aliphatic heterocycles. The van der Waals surface area contributed by atoms with Gasteiger partial charge in [0, 0.05) is 45.2 Å². The van der Waals surface area contributed by atoms with Crippen molar-refractivity contribution < 1.29 is 18.8 Å². The lowest BCUT2D eigenvalue weighted by Gasteiger charge is -2.20. The van der Waals surface area contributed by atoms with Crippen LogP contribution in [0, 0.1) is 11.3 Å². The Bertz CT molecular complexity index is 1430.